The second kappa shape index (κ2) is 8.82. The fraction of sp³-hybridized carbons (Fsp3) is 0.276. The molecule has 2 aliphatic heterocycles. The average Bonchev–Trinajstić information content (AvgIpc) is 3.48. The molecule has 0 aliphatic carbocycles. The van der Waals surface area contributed by atoms with E-state index >= 15 is 4.39 Å². The van der Waals surface area contributed by atoms with E-state index in [0.717, 1.165) is 16.6 Å². The fourth-order valence-corrected chi connectivity index (χ4v) is 6.70. The molecule has 38 heavy (non-hydrogen) atoms. The first-order chi connectivity index (χ1) is 18.1. The Morgan fingerprint density at radius 2 is 2.00 bits per heavy atom. The summed E-state index contributed by atoms with van der Waals surface area (Å²) in [6.45, 7) is 3.93. The first-order valence-corrected chi connectivity index (χ1v) is 13.1. The van der Waals surface area contributed by atoms with Crippen LogP contribution in [-0.4, -0.2) is 28.8 Å². The van der Waals surface area contributed by atoms with E-state index in [9.17, 15) is 9.59 Å². The smallest absolute Gasteiger partial charge is 0.337 e. The lowest BCUT2D eigenvalue weighted by molar-refractivity contribution is -0.121. The van der Waals surface area contributed by atoms with Crippen molar-refractivity contribution in [2.75, 3.05) is 12.4 Å². The van der Waals surface area contributed by atoms with Gasteiger partial charge < -0.3 is 10.1 Å². The van der Waals surface area contributed by atoms with Crippen molar-refractivity contribution >= 4 is 51.7 Å². The number of nitrogens with zero attached hydrogens (tertiary/aromatic N) is 2. The number of carbonyl (C=O) groups excluding carboxylic acids is 2. The number of benzene rings is 3. The molecule has 1 amide bonds. The minimum absolute atomic E-state index is 0.00921. The van der Waals surface area contributed by atoms with Crippen molar-refractivity contribution in [1.29, 1.82) is 0 Å². The van der Waals surface area contributed by atoms with Crippen LogP contribution in [0.3, 0.4) is 0 Å². The Hall–Kier alpha value is -3.42. The number of halogens is 3. The van der Waals surface area contributed by atoms with Gasteiger partial charge in [-0.05, 0) is 60.7 Å². The molecule has 1 aromatic heterocycles. The molecule has 0 saturated carbocycles. The van der Waals surface area contributed by atoms with Crippen LogP contribution in [0.25, 0.3) is 10.9 Å². The molecule has 3 aromatic carbocycles. The Balaban J connectivity index is 1.60. The number of hydrogen-bond acceptors (Lipinski definition) is 4. The van der Waals surface area contributed by atoms with Crippen LogP contribution in [0.5, 0.6) is 0 Å². The molecule has 0 unspecified atom stereocenters. The maximum atomic E-state index is 15.8. The lowest BCUT2D eigenvalue weighted by Gasteiger charge is -2.39. The first-order valence-electron chi connectivity index (χ1n) is 12.3. The van der Waals surface area contributed by atoms with E-state index in [0.29, 0.717) is 33.8 Å². The van der Waals surface area contributed by atoms with Crippen molar-refractivity contribution in [2.24, 2.45) is 5.92 Å². The molecular weight excluding hydrogens is 528 g/mol. The highest BCUT2D eigenvalue weighted by Crippen LogP contribution is 2.56. The highest BCUT2D eigenvalue weighted by atomic mass is 35.5. The molecule has 0 bridgehead atoms. The number of methoxy groups -OCH3 is 1. The van der Waals surface area contributed by atoms with Gasteiger partial charge in [0.05, 0.1) is 34.7 Å². The van der Waals surface area contributed by atoms with Crippen LogP contribution in [0, 0.1) is 11.7 Å². The van der Waals surface area contributed by atoms with Crippen molar-refractivity contribution in [3.8, 4) is 0 Å². The van der Waals surface area contributed by atoms with Gasteiger partial charge in [0, 0.05) is 27.7 Å². The van der Waals surface area contributed by atoms with Crippen LogP contribution in [0.4, 0.5) is 10.1 Å². The summed E-state index contributed by atoms with van der Waals surface area (Å²) in [6, 6.07) is 15.1. The molecule has 1 N–H and O–H groups in total. The summed E-state index contributed by atoms with van der Waals surface area (Å²) < 4.78 is 22.6. The minimum atomic E-state index is -1.15. The molecule has 0 saturated heterocycles. The highest BCUT2D eigenvalue weighted by molar-refractivity contribution is 6.31. The molecule has 194 valence electrons. The monoisotopic (exact) mass is 551 g/mol. The van der Waals surface area contributed by atoms with Gasteiger partial charge >= 0.3 is 5.97 Å². The van der Waals surface area contributed by atoms with Crippen molar-refractivity contribution in [2.45, 2.75) is 37.6 Å². The third-order valence-electron chi connectivity index (χ3n) is 8.14. The van der Waals surface area contributed by atoms with Crippen molar-refractivity contribution in [3.05, 3.63) is 92.8 Å². The van der Waals surface area contributed by atoms with Gasteiger partial charge in [0.25, 0.3) is 0 Å². The molecule has 4 aromatic rings. The van der Waals surface area contributed by atoms with E-state index < -0.39 is 23.1 Å². The molecule has 6 nitrogen and oxygen atoms in total. The number of anilines is 1. The molecule has 0 spiro atoms. The third kappa shape index (κ3) is 3.48. The van der Waals surface area contributed by atoms with Crippen LogP contribution < -0.4 is 5.32 Å². The lowest BCUT2D eigenvalue weighted by Crippen LogP contribution is -2.43. The zero-order valence-electron chi connectivity index (χ0n) is 20.9. The molecular formula is C29H24Cl2FN3O3. The van der Waals surface area contributed by atoms with Crippen LogP contribution >= 0.6 is 23.2 Å². The number of nitrogens with one attached hydrogen (secondary N) is 1. The second-order valence-electron chi connectivity index (χ2n) is 10.3. The van der Waals surface area contributed by atoms with Crippen LogP contribution in [0.2, 0.25) is 10.0 Å². The van der Waals surface area contributed by atoms with E-state index in [1.54, 1.807) is 36.4 Å². The summed E-state index contributed by atoms with van der Waals surface area (Å²) in [5, 5.41) is 9.26. The van der Waals surface area contributed by atoms with E-state index in [-0.39, 0.29) is 22.9 Å². The average molecular weight is 552 g/mol. The Morgan fingerprint density at radius 1 is 1.21 bits per heavy atom. The Kier molecular flexibility index (Phi) is 5.78. The number of esters is 1. The van der Waals surface area contributed by atoms with E-state index in [1.165, 1.54) is 13.2 Å². The number of fused-ring (bicyclic) bond motifs is 4. The van der Waals surface area contributed by atoms with Crippen molar-refractivity contribution < 1.29 is 18.7 Å². The number of amides is 1. The SMILES string of the molecule is COC(=O)c1ccc2c3n(nc2c1)[C@@H]([C@H](c1cccc(Cl)c1F)[C@@]1(C)C(=O)Nc2cc(Cl)ccc21)[C@@H](C)C3. The Morgan fingerprint density at radius 3 is 2.76 bits per heavy atom. The van der Waals surface area contributed by atoms with Crippen molar-refractivity contribution in [1.82, 2.24) is 9.78 Å². The van der Waals surface area contributed by atoms with Gasteiger partial charge in [0.1, 0.15) is 5.82 Å². The fourth-order valence-electron chi connectivity index (χ4n) is 6.34. The predicted molar refractivity (Wildman–Crippen MR) is 145 cm³/mol. The van der Waals surface area contributed by atoms with Gasteiger partial charge in [-0.15, -0.1) is 0 Å². The largest absolute Gasteiger partial charge is 0.465 e. The normalized spacial score (nSPS) is 22.7. The number of aromatic nitrogens is 2. The molecule has 6 rings (SSSR count). The molecule has 0 radical (unpaired) electrons. The number of hydrogen-bond donors (Lipinski definition) is 1. The topological polar surface area (TPSA) is 73.2 Å². The van der Waals surface area contributed by atoms with E-state index in [2.05, 4.69) is 12.2 Å². The zero-order chi connectivity index (χ0) is 26.9. The van der Waals surface area contributed by atoms with Gasteiger partial charge in [-0.2, -0.15) is 5.10 Å². The quantitative estimate of drug-likeness (QED) is 0.286. The molecule has 0 fully saturated rings. The molecule has 4 atom stereocenters. The van der Waals surface area contributed by atoms with E-state index in [4.69, 9.17) is 33.0 Å². The number of ether oxygens (including phenoxy) is 1. The minimum Gasteiger partial charge on any atom is -0.465 e. The molecule has 2 aliphatic rings. The third-order valence-corrected chi connectivity index (χ3v) is 8.67. The van der Waals surface area contributed by atoms with Crippen LogP contribution in [0.1, 0.15) is 53.0 Å². The summed E-state index contributed by atoms with van der Waals surface area (Å²) >= 11 is 12.5. The van der Waals surface area contributed by atoms with Crippen LogP contribution in [0.15, 0.2) is 54.6 Å². The summed E-state index contributed by atoms with van der Waals surface area (Å²) in [5.74, 6) is -1.89. The standard InChI is InChI=1S/C29H24Cl2FN3O3/c1-14-11-23-17-9-7-15(27(36)38-3)12-21(17)34-35(23)26(14)24(18-5-4-6-20(31)25(18)32)29(2)19-10-8-16(30)13-22(19)33-28(29)37/h4-10,12-14,24,26H,11H2,1-3H3,(H,33,37)/t14-,24-,26+,29-/m0/s1. The summed E-state index contributed by atoms with van der Waals surface area (Å²) in [6.07, 6.45) is 0.669. The Labute approximate surface area is 228 Å². The van der Waals surface area contributed by atoms with Gasteiger partial charge in [0.2, 0.25) is 5.91 Å². The maximum Gasteiger partial charge on any atom is 0.337 e. The van der Waals surface area contributed by atoms with Gasteiger partial charge in [-0.25, -0.2) is 9.18 Å². The first kappa shape index (κ1) is 24.9. The maximum absolute atomic E-state index is 15.8. The summed E-state index contributed by atoms with van der Waals surface area (Å²) in [4.78, 5) is 25.9. The van der Waals surface area contributed by atoms with Crippen LogP contribution in [-0.2, 0) is 21.4 Å². The van der Waals surface area contributed by atoms with Crippen molar-refractivity contribution in [3.63, 3.8) is 0 Å². The van der Waals surface area contributed by atoms with Gasteiger partial charge in [-0.3, -0.25) is 9.48 Å². The molecule has 3 heterocycles. The Bertz CT molecular complexity index is 1650. The molecule has 9 heteroatoms. The number of carbonyl (C=O) groups is 2. The van der Waals surface area contributed by atoms with E-state index in [1.807, 2.05) is 23.7 Å². The summed E-state index contributed by atoms with van der Waals surface area (Å²) in [5.41, 5.74) is 2.54. The highest BCUT2D eigenvalue weighted by Gasteiger charge is 2.55. The summed E-state index contributed by atoms with van der Waals surface area (Å²) in [7, 11) is 1.33. The number of rotatable bonds is 4. The van der Waals surface area contributed by atoms with Gasteiger partial charge in [-0.1, -0.05) is 54.4 Å². The predicted octanol–water partition coefficient (Wildman–Crippen LogP) is 6.70. The zero-order valence-corrected chi connectivity index (χ0v) is 22.4. The lowest BCUT2D eigenvalue weighted by atomic mass is 9.64. The van der Waals surface area contributed by atoms with Gasteiger partial charge in [0.15, 0.2) is 0 Å². The second-order valence-corrected chi connectivity index (χ2v) is 11.1.